The van der Waals surface area contributed by atoms with Gasteiger partial charge in [0.25, 0.3) is 0 Å². The maximum Gasteiger partial charge on any atom is 0.421 e. The second kappa shape index (κ2) is 8.60. The van der Waals surface area contributed by atoms with Crippen LogP contribution in [0.5, 0.6) is 0 Å². The second-order valence-electron chi connectivity index (χ2n) is 7.96. The summed E-state index contributed by atoms with van der Waals surface area (Å²) in [4.78, 5) is 13.5. The Hall–Kier alpha value is -3.24. The molecular formula is C23H21F4N5O. The zero-order valence-electron chi connectivity index (χ0n) is 17.5. The molecule has 1 aromatic heterocycles. The summed E-state index contributed by atoms with van der Waals surface area (Å²) in [5, 5.41) is 7.14. The number of benzene rings is 2. The van der Waals surface area contributed by atoms with E-state index >= 15 is 0 Å². The molecule has 3 aromatic rings. The van der Waals surface area contributed by atoms with E-state index in [-0.39, 0.29) is 18.2 Å². The summed E-state index contributed by atoms with van der Waals surface area (Å²) in [6.07, 6.45) is -2.78. The van der Waals surface area contributed by atoms with Crippen LogP contribution in [-0.2, 0) is 24.0 Å². The summed E-state index contributed by atoms with van der Waals surface area (Å²) in [6.45, 7) is 1.60. The van der Waals surface area contributed by atoms with E-state index in [9.17, 15) is 17.6 Å². The molecule has 2 aromatic carbocycles. The Kier molecular flexibility index (Phi) is 5.63. The van der Waals surface area contributed by atoms with Gasteiger partial charge in [0.1, 0.15) is 11.4 Å². The lowest BCUT2D eigenvalue weighted by Crippen LogP contribution is -2.26. The topological polar surface area (TPSA) is 62.3 Å². The normalized spacial score (nSPS) is 18.3. The Balaban J connectivity index is 1.52. The zero-order valence-corrected chi connectivity index (χ0v) is 17.5. The van der Waals surface area contributed by atoms with Crippen molar-refractivity contribution in [1.29, 1.82) is 0 Å². The lowest BCUT2D eigenvalue weighted by Gasteiger charge is -2.26. The van der Waals surface area contributed by atoms with E-state index < -0.39 is 29.4 Å². The van der Waals surface area contributed by atoms with E-state index in [4.69, 9.17) is 4.84 Å². The van der Waals surface area contributed by atoms with Gasteiger partial charge in [0, 0.05) is 19.2 Å². The van der Waals surface area contributed by atoms with E-state index in [0.29, 0.717) is 25.6 Å². The molecular weight excluding hydrogens is 438 g/mol. The summed E-state index contributed by atoms with van der Waals surface area (Å²) >= 11 is 0. The smallest absolute Gasteiger partial charge is 0.322 e. The highest BCUT2D eigenvalue weighted by molar-refractivity contribution is 5.60. The lowest BCUT2D eigenvalue weighted by atomic mass is 10.00. The number of hydroxylamine groups is 1. The van der Waals surface area contributed by atoms with Crippen LogP contribution in [0.15, 0.2) is 48.7 Å². The van der Waals surface area contributed by atoms with Crippen molar-refractivity contribution in [3.8, 4) is 0 Å². The summed E-state index contributed by atoms with van der Waals surface area (Å²) in [7, 11) is 0. The summed E-state index contributed by atoms with van der Waals surface area (Å²) in [5.41, 5.74) is 1.71. The predicted molar refractivity (Wildman–Crippen MR) is 114 cm³/mol. The van der Waals surface area contributed by atoms with Crippen molar-refractivity contribution in [2.24, 2.45) is 0 Å². The predicted octanol–water partition coefficient (Wildman–Crippen LogP) is 4.91. The molecule has 0 spiro atoms. The van der Waals surface area contributed by atoms with Crippen molar-refractivity contribution in [1.82, 2.24) is 15.3 Å². The molecule has 6 nitrogen and oxygen atoms in total. The lowest BCUT2D eigenvalue weighted by molar-refractivity contribution is -0.138. The first-order chi connectivity index (χ1) is 15.9. The molecule has 1 atom stereocenters. The molecule has 0 saturated carbocycles. The van der Waals surface area contributed by atoms with E-state index in [1.165, 1.54) is 11.1 Å². The minimum absolute atomic E-state index is 0.102. The summed E-state index contributed by atoms with van der Waals surface area (Å²) in [6, 6.07) is 11.8. The number of halogens is 4. The van der Waals surface area contributed by atoms with Gasteiger partial charge in [0.2, 0.25) is 5.95 Å². The average Bonchev–Trinajstić information content (AvgIpc) is 3.29. The van der Waals surface area contributed by atoms with Crippen LogP contribution < -0.4 is 15.7 Å². The van der Waals surface area contributed by atoms with Crippen LogP contribution in [0.2, 0.25) is 0 Å². The number of alkyl halides is 3. The van der Waals surface area contributed by atoms with Gasteiger partial charge in [-0.05, 0) is 41.8 Å². The molecule has 2 aliphatic rings. The molecule has 1 fully saturated rings. The van der Waals surface area contributed by atoms with Crippen molar-refractivity contribution >= 4 is 17.5 Å². The van der Waals surface area contributed by atoms with Gasteiger partial charge in [0.15, 0.2) is 5.82 Å². The standard InChI is InChI=1S/C23H21F4N5O/c24-18-10-15-6-8-28-12-16(15)11-19(18)30-22-29-13-17(23(25,26)27)21(31-22)32-20(7-9-33-32)14-4-2-1-3-5-14/h1-5,10-11,13,20,28H,6-9,12H2,(H,29,30,31)/t20-/m0/s1. The largest absolute Gasteiger partial charge is 0.421 e. The fourth-order valence-electron chi connectivity index (χ4n) is 4.18. The monoisotopic (exact) mass is 459 g/mol. The Bertz CT molecular complexity index is 1160. The van der Waals surface area contributed by atoms with Gasteiger partial charge >= 0.3 is 6.18 Å². The van der Waals surface area contributed by atoms with Gasteiger partial charge < -0.3 is 10.6 Å². The minimum Gasteiger partial charge on any atom is -0.322 e. The Labute approximate surface area is 187 Å². The number of nitrogens with one attached hydrogen (secondary N) is 2. The molecule has 2 N–H and O–H groups in total. The molecule has 0 radical (unpaired) electrons. The van der Waals surface area contributed by atoms with Crippen molar-refractivity contribution in [2.75, 3.05) is 23.5 Å². The van der Waals surface area contributed by atoms with Crippen molar-refractivity contribution in [3.05, 3.63) is 76.7 Å². The summed E-state index contributed by atoms with van der Waals surface area (Å²) < 4.78 is 56.0. The van der Waals surface area contributed by atoms with Gasteiger partial charge in [-0.25, -0.2) is 14.4 Å². The molecule has 0 amide bonds. The van der Waals surface area contributed by atoms with Crippen molar-refractivity contribution in [3.63, 3.8) is 0 Å². The number of anilines is 3. The van der Waals surface area contributed by atoms with Gasteiger partial charge in [-0.1, -0.05) is 30.3 Å². The average molecular weight is 459 g/mol. The van der Waals surface area contributed by atoms with Crippen molar-refractivity contribution < 1.29 is 22.4 Å². The minimum atomic E-state index is -4.69. The van der Waals surface area contributed by atoms with Crippen LogP contribution >= 0.6 is 0 Å². The highest BCUT2D eigenvalue weighted by Gasteiger charge is 2.40. The number of hydrogen-bond acceptors (Lipinski definition) is 6. The highest BCUT2D eigenvalue weighted by atomic mass is 19.4. The van der Waals surface area contributed by atoms with E-state index in [2.05, 4.69) is 20.6 Å². The van der Waals surface area contributed by atoms with Gasteiger partial charge in [0.05, 0.1) is 18.3 Å². The maximum atomic E-state index is 14.7. The number of rotatable bonds is 4. The maximum absolute atomic E-state index is 14.7. The van der Waals surface area contributed by atoms with Gasteiger partial charge in [-0.3, -0.25) is 4.84 Å². The molecule has 5 rings (SSSR count). The second-order valence-corrected chi connectivity index (χ2v) is 7.96. The first-order valence-electron chi connectivity index (χ1n) is 10.6. The van der Waals surface area contributed by atoms with Crippen molar-refractivity contribution in [2.45, 2.75) is 31.6 Å². The van der Waals surface area contributed by atoms with E-state index in [1.54, 1.807) is 6.07 Å². The number of aromatic nitrogens is 2. The molecule has 1 saturated heterocycles. The van der Waals surface area contributed by atoms with Crippen LogP contribution in [0.1, 0.15) is 34.7 Å². The van der Waals surface area contributed by atoms with Crippen LogP contribution in [0.4, 0.5) is 35.0 Å². The molecule has 0 bridgehead atoms. The van der Waals surface area contributed by atoms with Crippen LogP contribution in [0.25, 0.3) is 0 Å². The number of fused-ring (bicyclic) bond motifs is 1. The molecule has 172 valence electrons. The van der Waals surface area contributed by atoms with Gasteiger partial charge in [-0.2, -0.15) is 18.2 Å². The SMILES string of the molecule is Fc1cc2c(cc1Nc1ncc(C(F)(F)F)c(N3OCC[C@H]3c3ccccc3)n1)CNCC2. The molecule has 33 heavy (non-hydrogen) atoms. The number of nitrogens with zero attached hydrogens (tertiary/aromatic N) is 3. The first kappa shape index (κ1) is 21.6. The molecule has 0 unspecified atom stereocenters. The van der Waals surface area contributed by atoms with Crippen LogP contribution in [0, 0.1) is 5.82 Å². The Morgan fingerprint density at radius 3 is 2.73 bits per heavy atom. The third kappa shape index (κ3) is 4.36. The molecule has 10 heteroatoms. The Morgan fingerprint density at radius 1 is 1.12 bits per heavy atom. The fourth-order valence-corrected chi connectivity index (χ4v) is 4.18. The number of hydrogen-bond donors (Lipinski definition) is 2. The van der Waals surface area contributed by atoms with Crippen LogP contribution in [0.3, 0.4) is 0 Å². The highest BCUT2D eigenvalue weighted by Crippen LogP contribution is 2.41. The molecule has 2 aliphatic heterocycles. The fraction of sp³-hybridized carbons (Fsp3) is 0.304. The van der Waals surface area contributed by atoms with Gasteiger partial charge in [-0.15, -0.1) is 0 Å². The van der Waals surface area contributed by atoms with E-state index in [0.717, 1.165) is 23.2 Å². The summed E-state index contributed by atoms with van der Waals surface area (Å²) in [5.74, 6) is -1.07. The third-order valence-corrected chi connectivity index (χ3v) is 5.79. The van der Waals surface area contributed by atoms with Crippen LogP contribution in [-0.4, -0.2) is 23.1 Å². The third-order valence-electron chi connectivity index (χ3n) is 5.79. The Morgan fingerprint density at radius 2 is 1.94 bits per heavy atom. The first-order valence-corrected chi connectivity index (χ1v) is 10.6. The molecule has 0 aliphatic carbocycles. The molecule has 3 heterocycles. The zero-order chi connectivity index (χ0) is 23.0. The van der Waals surface area contributed by atoms with E-state index in [1.807, 2.05) is 30.3 Å². The quantitative estimate of drug-likeness (QED) is 0.541.